The van der Waals surface area contributed by atoms with Crippen molar-refractivity contribution in [3.05, 3.63) is 325 Å². The molecule has 17 aromatic rings. The first-order chi connectivity index (χ1) is 47.1. The third-order valence-corrected chi connectivity index (χ3v) is 22.2. The molecule has 8 heterocycles. The van der Waals surface area contributed by atoms with Crippen molar-refractivity contribution in [3.63, 3.8) is 0 Å². The fourth-order valence-corrected chi connectivity index (χ4v) is 18.3. The Bertz CT molecular complexity index is 5970. The van der Waals surface area contributed by atoms with Gasteiger partial charge in [0.15, 0.2) is 5.69 Å². The molecule has 11 heteroatoms. The lowest BCUT2D eigenvalue weighted by Crippen LogP contribution is -2.34. The van der Waals surface area contributed by atoms with Crippen LogP contribution in [0.15, 0.2) is 311 Å². The number of rotatable bonds is 5. The normalized spacial score (nSPS) is 13.7. The number of aromatic nitrogens is 5. The van der Waals surface area contributed by atoms with E-state index >= 15 is 0 Å². The molecule has 95 heavy (non-hydrogen) atoms. The van der Waals surface area contributed by atoms with E-state index in [0.717, 1.165) is 138 Å². The molecule has 0 radical (unpaired) electrons. The van der Waals surface area contributed by atoms with Gasteiger partial charge in [0.2, 0.25) is 0 Å². The fraction of sp³-hybridized carbons (Fsp3) is 0.0119. The molecule has 12 aromatic carbocycles. The van der Waals surface area contributed by atoms with Gasteiger partial charge in [-0.3, -0.25) is 9.97 Å². The molecule has 0 bridgehead atoms. The molecule has 1 spiro atoms. The van der Waals surface area contributed by atoms with Gasteiger partial charge in [-0.1, -0.05) is 169 Å². The van der Waals surface area contributed by atoms with Crippen LogP contribution in [-0.4, -0.2) is 23.7 Å². The second-order valence-corrected chi connectivity index (χ2v) is 26.9. The van der Waals surface area contributed by atoms with Crippen molar-refractivity contribution >= 4 is 129 Å². The zero-order valence-corrected chi connectivity index (χ0v) is 52.1. The number of hydrogen-bond acceptors (Lipinski definition) is 7. The molecule has 0 amide bonds. The number of para-hydroxylation sites is 8. The predicted molar refractivity (Wildman–Crippen MR) is 386 cm³/mol. The monoisotopic (exact) mass is 1250 g/mol. The Labute approximate surface area is 553 Å². The first-order valence-corrected chi connectivity index (χ1v) is 33.4. The smallest absolute Gasteiger partial charge is 0.188 e. The van der Waals surface area contributed by atoms with Gasteiger partial charge < -0.3 is 28.2 Å². The van der Waals surface area contributed by atoms with Crippen molar-refractivity contribution in [1.82, 2.24) is 23.7 Å². The standard InChI is InChI=1S/C84H48N8OS2/c1-85-50-37-41-69-60(43-50)59-23-6-11-28-68(59)92(69)74-32-18-33-75-81(74)84(61-40-38-51(46-76(61)93-75)88-72-31-14-17-36-79(72)95-80-47-52(39-42-73(80)88)89-70-29-12-15-34-77(70)94-78-35-16-13-30-71(78)89)62-44-53(90-64-24-7-2-19-55(64)56-20-3-8-25-65(56)90)48-86-82(62)83-63(84)45-54(49-87-83)91-66-26-9-4-21-57(66)58-22-5-10-27-67(58)91/h2-49H. The third kappa shape index (κ3) is 7.24. The molecule has 0 atom stereocenters. The van der Waals surface area contributed by atoms with Gasteiger partial charge in [-0.2, -0.15) is 0 Å². The molecule has 0 N–H and O–H groups in total. The number of nitrogens with zero attached hydrogens (tertiary/aromatic N) is 8. The molecule has 0 unspecified atom stereocenters. The fourth-order valence-electron chi connectivity index (χ4n) is 16.1. The van der Waals surface area contributed by atoms with Crippen LogP contribution in [0.1, 0.15) is 22.3 Å². The molecule has 0 fully saturated rings. The first-order valence-electron chi connectivity index (χ1n) is 31.8. The topological polar surface area (TPSA) is 60.6 Å². The largest absolute Gasteiger partial charge is 0.457 e. The summed E-state index contributed by atoms with van der Waals surface area (Å²) in [7, 11) is 0. The van der Waals surface area contributed by atoms with E-state index in [9.17, 15) is 0 Å². The van der Waals surface area contributed by atoms with Crippen molar-refractivity contribution < 1.29 is 4.74 Å². The van der Waals surface area contributed by atoms with Crippen molar-refractivity contribution in [3.8, 4) is 39.9 Å². The van der Waals surface area contributed by atoms with Crippen molar-refractivity contribution in [2.24, 2.45) is 0 Å². The molecule has 0 saturated heterocycles. The van der Waals surface area contributed by atoms with Gasteiger partial charge in [0.25, 0.3) is 0 Å². The molecule has 442 valence electrons. The lowest BCUT2D eigenvalue weighted by Gasteiger charge is -2.41. The number of pyridine rings is 2. The Morgan fingerprint density at radius 3 is 1.29 bits per heavy atom. The number of anilines is 6. The van der Waals surface area contributed by atoms with E-state index in [2.05, 4.69) is 295 Å². The highest BCUT2D eigenvalue weighted by atomic mass is 32.2. The highest BCUT2D eigenvalue weighted by Crippen LogP contribution is 2.65. The lowest BCUT2D eigenvalue weighted by atomic mass is 9.65. The SMILES string of the molecule is [C-]#[N+]c1ccc2c(c1)c1ccccc1n2-c1cccc2c1C1(c3ccc(N4c5ccccc5Sc5cc(N6c7ccccc7Sc7ccccc76)ccc54)cc3O2)c2cc(-n3c4ccccc4c4ccccc43)cnc2-c2ncc(-n3c4ccccc4c4ccccc43)cc21. The number of ether oxygens (including phenoxy) is 1. The first kappa shape index (κ1) is 52.5. The summed E-state index contributed by atoms with van der Waals surface area (Å²) in [5.74, 6) is 1.42. The van der Waals surface area contributed by atoms with Crippen molar-refractivity contribution in [2.75, 3.05) is 9.80 Å². The summed E-state index contributed by atoms with van der Waals surface area (Å²) in [6.45, 7) is 8.18. The number of hydrogen-bond donors (Lipinski definition) is 0. The van der Waals surface area contributed by atoms with Gasteiger partial charge in [0.1, 0.15) is 11.5 Å². The van der Waals surface area contributed by atoms with E-state index in [1.54, 1.807) is 0 Å². The average Bonchev–Trinajstić information content (AvgIpc) is 1.55. The van der Waals surface area contributed by atoms with Gasteiger partial charge in [-0.05, 0) is 133 Å². The van der Waals surface area contributed by atoms with E-state index < -0.39 is 5.41 Å². The van der Waals surface area contributed by atoms with E-state index in [0.29, 0.717) is 17.2 Å². The van der Waals surface area contributed by atoms with Gasteiger partial charge in [-0.15, -0.1) is 0 Å². The molecular formula is C84H48N8OS2. The number of benzene rings is 12. The minimum atomic E-state index is -1.15. The van der Waals surface area contributed by atoms with Crippen LogP contribution in [-0.2, 0) is 5.41 Å². The summed E-state index contributed by atoms with van der Waals surface area (Å²) in [6.07, 6.45) is 4.08. The summed E-state index contributed by atoms with van der Waals surface area (Å²) >= 11 is 3.63. The Hall–Kier alpha value is -12.1. The molecule has 5 aromatic heterocycles. The molecule has 9 nitrogen and oxygen atoms in total. The van der Waals surface area contributed by atoms with Crippen molar-refractivity contribution in [1.29, 1.82) is 0 Å². The van der Waals surface area contributed by atoms with Gasteiger partial charge in [-0.25, -0.2) is 4.85 Å². The number of fused-ring (bicyclic) bond motifs is 22. The second-order valence-electron chi connectivity index (χ2n) is 24.7. The van der Waals surface area contributed by atoms with Gasteiger partial charge >= 0.3 is 0 Å². The van der Waals surface area contributed by atoms with Crippen LogP contribution in [0.5, 0.6) is 11.5 Å². The average molecular weight is 1250 g/mol. The predicted octanol–water partition coefficient (Wildman–Crippen LogP) is 22.7. The zero-order chi connectivity index (χ0) is 62.2. The molecular weight excluding hydrogens is 1200 g/mol. The summed E-state index contributed by atoms with van der Waals surface area (Å²) < 4.78 is 14.9. The minimum absolute atomic E-state index is 0.585. The van der Waals surface area contributed by atoms with E-state index in [1.807, 2.05) is 48.1 Å². The lowest BCUT2D eigenvalue weighted by molar-refractivity contribution is 0.436. The summed E-state index contributed by atoms with van der Waals surface area (Å²) in [5, 5.41) is 6.72. The Balaban J connectivity index is 0.856. The highest BCUT2D eigenvalue weighted by Gasteiger charge is 2.55. The van der Waals surface area contributed by atoms with Crippen LogP contribution < -0.4 is 14.5 Å². The summed E-state index contributed by atoms with van der Waals surface area (Å²) in [4.78, 5) is 24.9. The van der Waals surface area contributed by atoms with Crippen molar-refractivity contribution in [2.45, 2.75) is 25.0 Å². The van der Waals surface area contributed by atoms with E-state index in [1.165, 1.54) is 31.3 Å². The molecule has 0 saturated carbocycles. The van der Waals surface area contributed by atoms with E-state index in [-0.39, 0.29) is 0 Å². The van der Waals surface area contributed by atoms with Crippen LogP contribution in [0.2, 0.25) is 0 Å². The molecule has 3 aliphatic heterocycles. The Morgan fingerprint density at radius 1 is 0.326 bits per heavy atom. The Kier molecular flexibility index (Phi) is 10.9. The minimum Gasteiger partial charge on any atom is -0.457 e. The van der Waals surface area contributed by atoms with Crippen LogP contribution in [0.3, 0.4) is 0 Å². The molecule has 4 aliphatic rings. The van der Waals surface area contributed by atoms with E-state index in [4.69, 9.17) is 21.3 Å². The quantitative estimate of drug-likeness (QED) is 0.159. The highest BCUT2D eigenvalue weighted by molar-refractivity contribution is 8.00. The molecule has 21 rings (SSSR count). The third-order valence-electron chi connectivity index (χ3n) is 19.9. The zero-order valence-electron chi connectivity index (χ0n) is 50.5. The van der Waals surface area contributed by atoms with Crippen LogP contribution in [0.4, 0.5) is 39.8 Å². The summed E-state index contributed by atoms with van der Waals surface area (Å²) in [6, 6.07) is 101. The maximum atomic E-state index is 8.18. The van der Waals surface area contributed by atoms with Gasteiger partial charge in [0, 0.05) is 86.2 Å². The molecule has 1 aliphatic carbocycles. The second kappa shape index (κ2) is 19.7. The summed E-state index contributed by atoms with van der Waals surface area (Å²) in [5.41, 5.74) is 20.6. The Morgan fingerprint density at radius 2 is 0.758 bits per heavy atom. The maximum absolute atomic E-state index is 8.18. The van der Waals surface area contributed by atoms with Crippen LogP contribution >= 0.6 is 23.5 Å². The maximum Gasteiger partial charge on any atom is 0.188 e. The van der Waals surface area contributed by atoms with Crippen LogP contribution in [0.25, 0.3) is 98.7 Å². The van der Waals surface area contributed by atoms with Crippen LogP contribution in [0, 0.1) is 6.57 Å². The van der Waals surface area contributed by atoms with Gasteiger partial charge in [0.05, 0.1) is 109 Å².